The summed E-state index contributed by atoms with van der Waals surface area (Å²) in [4.78, 5) is 41.5. The van der Waals surface area contributed by atoms with E-state index in [4.69, 9.17) is 0 Å². The number of fused-ring (bicyclic) bond motifs is 1. The summed E-state index contributed by atoms with van der Waals surface area (Å²) in [5.41, 5.74) is 1.52. The fourth-order valence-electron chi connectivity index (χ4n) is 2.46. The molecule has 2 heterocycles. The van der Waals surface area contributed by atoms with Crippen molar-refractivity contribution in [2.45, 2.75) is 6.92 Å². The SMILES string of the molecule is CNC(=O)c1ccc(NC(=O)c2sc3ncn(C)c(=O)c3c2C)cc1. The van der Waals surface area contributed by atoms with Crippen LogP contribution in [0.15, 0.2) is 35.4 Å². The van der Waals surface area contributed by atoms with Gasteiger partial charge in [0.1, 0.15) is 4.83 Å². The minimum absolute atomic E-state index is 0.173. The average molecular weight is 356 g/mol. The van der Waals surface area contributed by atoms with Gasteiger partial charge in [-0.05, 0) is 36.8 Å². The first-order chi connectivity index (χ1) is 11.9. The van der Waals surface area contributed by atoms with E-state index in [1.807, 2.05) is 0 Å². The van der Waals surface area contributed by atoms with Crippen LogP contribution in [0.25, 0.3) is 10.2 Å². The fraction of sp³-hybridized carbons (Fsp3) is 0.176. The van der Waals surface area contributed by atoms with Gasteiger partial charge in [-0.25, -0.2) is 4.98 Å². The highest BCUT2D eigenvalue weighted by molar-refractivity contribution is 7.20. The Labute approximate surface area is 147 Å². The Kier molecular flexibility index (Phi) is 4.37. The number of anilines is 1. The lowest BCUT2D eigenvalue weighted by molar-refractivity contribution is 0.0962. The molecule has 7 nitrogen and oxygen atoms in total. The molecule has 2 N–H and O–H groups in total. The average Bonchev–Trinajstić information content (AvgIpc) is 2.95. The maximum absolute atomic E-state index is 12.6. The topological polar surface area (TPSA) is 93.1 Å². The minimum atomic E-state index is -0.310. The lowest BCUT2D eigenvalue weighted by Gasteiger charge is -2.05. The van der Waals surface area contributed by atoms with E-state index in [0.29, 0.717) is 31.9 Å². The van der Waals surface area contributed by atoms with Gasteiger partial charge in [0.25, 0.3) is 17.4 Å². The Hall–Kier alpha value is -3.00. The number of rotatable bonds is 3. The van der Waals surface area contributed by atoms with Crippen molar-refractivity contribution in [1.29, 1.82) is 0 Å². The Balaban J connectivity index is 1.90. The highest BCUT2D eigenvalue weighted by atomic mass is 32.1. The van der Waals surface area contributed by atoms with E-state index >= 15 is 0 Å². The normalized spacial score (nSPS) is 10.7. The van der Waals surface area contributed by atoms with E-state index in [2.05, 4.69) is 15.6 Å². The van der Waals surface area contributed by atoms with Gasteiger partial charge in [-0.1, -0.05) is 0 Å². The Bertz CT molecular complexity index is 1030. The molecule has 3 aromatic rings. The van der Waals surface area contributed by atoms with Gasteiger partial charge in [0.15, 0.2) is 0 Å². The zero-order valence-corrected chi connectivity index (χ0v) is 14.7. The molecule has 0 unspecified atom stereocenters. The van der Waals surface area contributed by atoms with Crippen LogP contribution in [0.4, 0.5) is 5.69 Å². The van der Waals surface area contributed by atoms with Crippen LogP contribution in [0, 0.1) is 6.92 Å². The lowest BCUT2D eigenvalue weighted by atomic mass is 10.2. The molecule has 0 saturated carbocycles. The molecule has 25 heavy (non-hydrogen) atoms. The smallest absolute Gasteiger partial charge is 0.266 e. The number of benzene rings is 1. The molecule has 0 aliphatic carbocycles. The summed E-state index contributed by atoms with van der Waals surface area (Å²) in [6.45, 7) is 1.74. The van der Waals surface area contributed by atoms with Crippen LogP contribution in [0.1, 0.15) is 25.6 Å². The second-order valence-corrected chi connectivity index (χ2v) is 6.51. The number of aryl methyl sites for hydroxylation is 2. The molecule has 0 bridgehead atoms. The van der Waals surface area contributed by atoms with E-state index in [-0.39, 0.29) is 17.4 Å². The molecule has 0 aliphatic rings. The molecule has 2 aromatic heterocycles. The third kappa shape index (κ3) is 3.03. The predicted molar refractivity (Wildman–Crippen MR) is 97.4 cm³/mol. The molecule has 0 saturated heterocycles. The van der Waals surface area contributed by atoms with Crippen molar-refractivity contribution in [1.82, 2.24) is 14.9 Å². The zero-order chi connectivity index (χ0) is 18.1. The Morgan fingerprint density at radius 3 is 2.48 bits per heavy atom. The first-order valence-corrected chi connectivity index (χ1v) is 8.32. The number of carbonyl (C=O) groups is 2. The maximum atomic E-state index is 12.6. The van der Waals surface area contributed by atoms with E-state index in [0.717, 1.165) is 0 Å². The van der Waals surface area contributed by atoms with Gasteiger partial charge in [0.05, 0.1) is 16.6 Å². The van der Waals surface area contributed by atoms with Crippen LogP contribution in [-0.2, 0) is 7.05 Å². The van der Waals surface area contributed by atoms with Gasteiger partial charge in [-0.15, -0.1) is 11.3 Å². The van der Waals surface area contributed by atoms with Crippen molar-refractivity contribution in [3.05, 3.63) is 57.0 Å². The summed E-state index contributed by atoms with van der Waals surface area (Å²) >= 11 is 1.19. The first kappa shape index (κ1) is 16.8. The van der Waals surface area contributed by atoms with Crippen molar-refractivity contribution in [2.24, 2.45) is 7.05 Å². The summed E-state index contributed by atoms with van der Waals surface area (Å²) in [6, 6.07) is 6.57. The van der Waals surface area contributed by atoms with Crippen molar-refractivity contribution in [3.8, 4) is 0 Å². The van der Waals surface area contributed by atoms with Crippen molar-refractivity contribution < 1.29 is 9.59 Å². The van der Waals surface area contributed by atoms with Gasteiger partial charge in [-0.2, -0.15) is 0 Å². The standard InChI is InChI=1S/C17H16N4O3S/c1-9-12-16(19-8-21(3)17(12)24)25-13(9)15(23)20-11-6-4-10(5-7-11)14(22)18-2/h4-8H,1-3H3,(H,18,22)(H,20,23). The lowest BCUT2D eigenvalue weighted by Crippen LogP contribution is -2.18. The largest absolute Gasteiger partial charge is 0.355 e. The monoisotopic (exact) mass is 356 g/mol. The molecule has 0 aliphatic heterocycles. The van der Waals surface area contributed by atoms with E-state index in [1.54, 1.807) is 45.3 Å². The molecule has 1 aromatic carbocycles. The van der Waals surface area contributed by atoms with Crippen molar-refractivity contribution in [2.75, 3.05) is 12.4 Å². The number of hydrogen-bond donors (Lipinski definition) is 2. The van der Waals surface area contributed by atoms with Gasteiger partial charge < -0.3 is 15.2 Å². The maximum Gasteiger partial charge on any atom is 0.266 e. The molecule has 128 valence electrons. The molecule has 0 atom stereocenters. The summed E-state index contributed by atoms with van der Waals surface area (Å²) < 4.78 is 1.39. The van der Waals surface area contributed by atoms with Gasteiger partial charge in [0.2, 0.25) is 0 Å². The number of nitrogens with zero attached hydrogens (tertiary/aromatic N) is 2. The number of amides is 2. The molecule has 8 heteroatoms. The number of carbonyl (C=O) groups excluding carboxylic acids is 2. The van der Waals surface area contributed by atoms with E-state index in [1.165, 1.54) is 22.2 Å². The molecular formula is C17H16N4O3S. The number of aromatic nitrogens is 2. The highest BCUT2D eigenvalue weighted by Crippen LogP contribution is 2.27. The molecular weight excluding hydrogens is 340 g/mol. The number of nitrogens with one attached hydrogen (secondary N) is 2. The minimum Gasteiger partial charge on any atom is -0.355 e. The fourth-order valence-corrected chi connectivity index (χ4v) is 3.50. The van der Waals surface area contributed by atoms with Crippen LogP contribution < -0.4 is 16.2 Å². The van der Waals surface area contributed by atoms with Crippen LogP contribution in [0.5, 0.6) is 0 Å². The van der Waals surface area contributed by atoms with Crippen LogP contribution in [0.2, 0.25) is 0 Å². The molecule has 0 fully saturated rings. The van der Waals surface area contributed by atoms with Crippen molar-refractivity contribution in [3.63, 3.8) is 0 Å². The van der Waals surface area contributed by atoms with Crippen molar-refractivity contribution >= 4 is 39.1 Å². The van der Waals surface area contributed by atoms with Gasteiger partial charge in [0, 0.05) is 25.3 Å². The quantitative estimate of drug-likeness (QED) is 0.750. The van der Waals surface area contributed by atoms with Gasteiger partial charge in [-0.3, -0.25) is 14.4 Å². The second-order valence-electron chi connectivity index (χ2n) is 5.51. The molecule has 0 radical (unpaired) electrons. The second kappa shape index (κ2) is 6.48. The van der Waals surface area contributed by atoms with E-state index < -0.39 is 0 Å². The summed E-state index contributed by atoms with van der Waals surface area (Å²) in [6.07, 6.45) is 1.44. The van der Waals surface area contributed by atoms with Crippen LogP contribution in [-0.4, -0.2) is 28.4 Å². The predicted octanol–water partition coefficient (Wildman–Crippen LogP) is 1.92. The summed E-state index contributed by atoms with van der Waals surface area (Å²) in [5, 5.41) is 5.79. The molecule has 0 spiro atoms. The van der Waals surface area contributed by atoms with E-state index in [9.17, 15) is 14.4 Å². The van der Waals surface area contributed by atoms with Crippen LogP contribution in [0.3, 0.4) is 0 Å². The Morgan fingerprint density at radius 2 is 1.84 bits per heavy atom. The summed E-state index contributed by atoms with van der Waals surface area (Å²) in [7, 11) is 3.18. The number of thiophene rings is 1. The highest BCUT2D eigenvalue weighted by Gasteiger charge is 2.19. The first-order valence-electron chi connectivity index (χ1n) is 7.50. The third-order valence-corrected chi connectivity index (χ3v) is 5.05. The zero-order valence-electron chi connectivity index (χ0n) is 13.9. The summed E-state index contributed by atoms with van der Waals surface area (Å²) in [5.74, 6) is -0.504. The van der Waals surface area contributed by atoms with Crippen LogP contribution >= 0.6 is 11.3 Å². The van der Waals surface area contributed by atoms with Gasteiger partial charge >= 0.3 is 0 Å². The number of hydrogen-bond acceptors (Lipinski definition) is 5. The molecule has 2 amide bonds. The Morgan fingerprint density at radius 1 is 1.16 bits per heavy atom. The molecule has 3 rings (SSSR count). The third-order valence-electron chi connectivity index (χ3n) is 3.85.